The minimum atomic E-state index is -0.532. The van der Waals surface area contributed by atoms with Crippen molar-refractivity contribution >= 4 is 35.3 Å². The van der Waals surface area contributed by atoms with E-state index < -0.39 is 5.91 Å². The SMILES string of the molecule is COc1ccc(C(=O)N/N=C\c2cc(C)n(-c3ccc(Cl)cc3Cl)c2C)c(O)c1. The minimum absolute atomic E-state index is 0.0985. The Morgan fingerprint density at radius 3 is 2.59 bits per heavy atom. The van der Waals surface area contributed by atoms with Gasteiger partial charge < -0.3 is 14.4 Å². The molecule has 0 radical (unpaired) electrons. The Morgan fingerprint density at radius 2 is 1.93 bits per heavy atom. The van der Waals surface area contributed by atoms with E-state index in [0.29, 0.717) is 15.8 Å². The molecule has 2 N–H and O–H groups in total. The largest absolute Gasteiger partial charge is 0.507 e. The van der Waals surface area contributed by atoms with E-state index >= 15 is 0 Å². The van der Waals surface area contributed by atoms with Crippen LogP contribution in [-0.4, -0.2) is 28.9 Å². The molecule has 0 fully saturated rings. The zero-order valence-electron chi connectivity index (χ0n) is 16.0. The van der Waals surface area contributed by atoms with Crippen molar-refractivity contribution in [2.75, 3.05) is 7.11 Å². The van der Waals surface area contributed by atoms with Crippen molar-refractivity contribution in [3.05, 3.63) is 75.0 Å². The van der Waals surface area contributed by atoms with Gasteiger partial charge in [0.05, 0.1) is 29.6 Å². The Labute approximate surface area is 178 Å². The van der Waals surface area contributed by atoms with Crippen molar-refractivity contribution < 1.29 is 14.6 Å². The molecule has 0 unspecified atom stereocenters. The van der Waals surface area contributed by atoms with Crippen molar-refractivity contribution in [1.29, 1.82) is 0 Å². The number of hydrogen-bond acceptors (Lipinski definition) is 4. The maximum Gasteiger partial charge on any atom is 0.275 e. The molecule has 0 spiro atoms. The molecule has 2 aromatic carbocycles. The topological polar surface area (TPSA) is 75.8 Å². The number of halogens is 2. The summed E-state index contributed by atoms with van der Waals surface area (Å²) < 4.78 is 6.99. The zero-order valence-corrected chi connectivity index (χ0v) is 17.5. The van der Waals surface area contributed by atoms with Gasteiger partial charge in [-0.1, -0.05) is 23.2 Å². The molecule has 8 heteroatoms. The lowest BCUT2D eigenvalue weighted by Gasteiger charge is -2.11. The molecule has 0 atom stereocenters. The third kappa shape index (κ3) is 4.39. The Hall–Kier alpha value is -2.96. The van der Waals surface area contributed by atoms with E-state index in [-0.39, 0.29) is 11.3 Å². The molecule has 3 aromatic rings. The van der Waals surface area contributed by atoms with Crippen LogP contribution >= 0.6 is 23.2 Å². The van der Waals surface area contributed by atoms with E-state index in [1.165, 1.54) is 19.2 Å². The molecule has 0 bridgehead atoms. The molecule has 3 rings (SSSR count). The number of rotatable bonds is 5. The normalized spacial score (nSPS) is 11.1. The van der Waals surface area contributed by atoms with Gasteiger partial charge in [-0.2, -0.15) is 5.10 Å². The number of phenols is 1. The van der Waals surface area contributed by atoms with E-state index in [1.807, 2.05) is 30.5 Å². The first-order valence-corrected chi connectivity index (χ1v) is 9.42. The Bertz CT molecular complexity index is 1110. The highest BCUT2D eigenvalue weighted by molar-refractivity contribution is 6.35. The summed E-state index contributed by atoms with van der Waals surface area (Å²) in [5.41, 5.74) is 5.98. The van der Waals surface area contributed by atoms with Gasteiger partial charge in [0, 0.05) is 28.0 Å². The van der Waals surface area contributed by atoms with Crippen LogP contribution in [0.5, 0.6) is 11.5 Å². The number of carbonyl (C=O) groups is 1. The summed E-state index contributed by atoms with van der Waals surface area (Å²) in [6.45, 7) is 3.87. The predicted octanol–water partition coefficient (Wildman–Crippen LogP) is 4.88. The third-order valence-electron chi connectivity index (χ3n) is 4.44. The van der Waals surface area contributed by atoms with Crippen LogP contribution < -0.4 is 10.2 Å². The van der Waals surface area contributed by atoms with Gasteiger partial charge in [-0.15, -0.1) is 0 Å². The lowest BCUT2D eigenvalue weighted by Crippen LogP contribution is -2.17. The van der Waals surface area contributed by atoms with E-state index in [2.05, 4.69) is 10.5 Å². The molecule has 29 heavy (non-hydrogen) atoms. The van der Waals surface area contributed by atoms with Crippen LogP contribution in [0, 0.1) is 13.8 Å². The van der Waals surface area contributed by atoms with Gasteiger partial charge in [0.1, 0.15) is 11.5 Å². The summed E-state index contributed by atoms with van der Waals surface area (Å²) in [6, 6.07) is 11.7. The summed E-state index contributed by atoms with van der Waals surface area (Å²) in [5.74, 6) is -0.264. The fourth-order valence-corrected chi connectivity index (χ4v) is 3.50. The highest BCUT2D eigenvalue weighted by Crippen LogP contribution is 2.28. The highest BCUT2D eigenvalue weighted by Gasteiger charge is 2.14. The lowest BCUT2D eigenvalue weighted by atomic mass is 10.2. The molecular formula is C21H19Cl2N3O3. The van der Waals surface area contributed by atoms with Gasteiger partial charge in [0.15, 0.2) is 0 Å². The quantitative estimate of drug-likeness (QED) is 0.446. The van der Waals surface area contributed by atoms with Gasteiger partial charge in [0.25, 0.3) is 5.91 Å². The van der Waals surface area contributed by atoms with Crippen molar-refractivity contribution in [1.82, 2.24) is 9.99 Å². The van der Waals surface area contributed by atoms with Gasteiger partial charge in [-0.3, -0.25) is 4.79 Å². The second kappa shape index (κ2) is 8.59. The first-order valence-electron chi connectivity index (χ1n) is 8.66. The maximum atomic E-state index is 12.2. The van der Waals surface area contributed by atoms with Gasteiger partial charge in [0.2, 0.25) is 0 Å². The van der Waals surface area contributed by atoms with Gasteiger partial charge in [-0.25, -0.2) is 5.43 Å². The molecule has 0 saturated heterocycles. The number of nitrogens with zero attached hydrogens (tertiary/aromatic N) is 2. The number of aromatic nitrogens is 1. The smallest absolute Gasteiger partial charge is 0.275 e. The van der Waals surface area contributed by atoms with Crippen LogP contribution in [0.4, 0.5) is 0 Å². The number of aromatic hydroxyl groups is 1. The first kappa shape index (κ1) is 20.8. The van der Waals surface area contributed by atoms with Crippen molar-refractivity contribution in [3.63, 3.8) is 0 Å². The number of phenolic OH excluding ortho intramolecular Hbond substituents is 1. The number of nitrogens with one attached hydrogen (secondary N) is 1. The number of aryl methyl sites for hydroxylation is 1. The summed E-state index contributed by atoms with van der Waals surface area (Å²) in [4.78, 5) is 12.2. The molecule has 0 saturated carbocycles. The summed E-state index contributed by atoms with van der Waals surface area (Å²) in [5, 5.41) is 15.1. The molecule has 1 heterocycles. The van der Waals surface area contributed by atoms with E-state index in [4.69, 9.17) is 27.9 Å². The van der Waals surface area contributed by atoms with E-state index in [1.54, 1.807) is 24.4 Å². The Balaban J connectivity index is 1.80. The van der Waals surface area contributed by atoms with Crippen LogP contribution in [0.15, 0.2) is 47.6 Å². The Morgan fingerprint density at radius 1 is 1.17 bits per heavy atom. The lowest BCUT2D eigenvalue weighted by molar-refractivity contribution is 0.0952. The summed E-state index contributed by atoms with van der Waals surface area (Å²) in [6.07, 6.45) is 1.54. The monoisotopic (exact) mass is 431 g/mol. The van der Waals surface area contributed by atoms with E-state index in [9.17, 15) is 9.90 Å². The number of amides is 1. The van der Waals surface area contributed by atoms with Crippen LogP contribution in [0.2, 0.25) is 10.0 Å². The summed E-state index contributed by atoms with van der Waals surface area (Å²) in [7, 11) is 1.48. The predicted molar refractivity (Wildman–Crippen MR) is 115 cm³/mol. The molecule has 0 aliphatic heterocycles. The number of benzene rings is 2. The Kier molecular flexibility index (Phi) is 6.15. The number of hydrazone groups is 1. The van der Waals surface area contributed by atoms with Crippen molar-refractivity contribution in [3.8, 4) is 17.2 Å². The first-order chi connectivity index (χ1) is 13.8. The highest BCUT2D eigenvalue weighted by atomic mass is 35.5. The summed E-state index contributed by atoms with van der Waals surface area (Å²) >= 11 is 12.3. The average molecular weight is 432 g/mol. The number of methoxy groups -OCH3 is 1. The van der Waals surface area contributed by atoms with Crippen LogP contribution in [-0.2, 0) is 0 Å². The van der Waals surface area contributed by atoms with Crippen molar-refractivity contribution in [2.24, 2.45) is 5.10 Å². The number of ether oxygens (including phenoxy) is 1. The minimum Gasteiger partial charge on any atom is -0.507 e. The molecule has 0 aliphatic carbocycles. The zero-order chi connectivity index (χ0) is 21.1. The second-order valence-electron chi connectivity index (χ2n) is 6.34. The number of hydrogen-bond donors (Lipinski definition) is 2. The third-order valence-corrected chi connectivity index (χ3v) is 4.98. The molecule has 1 aromatic heterocycles. The fourth-order valence-electron chi connectivity index (χ4n) is 3.00. The van der Waals surface area contributed by atoms with Crippen LogP contribution in [0.25, 0.3) is 5.69 Å². The molecule has 150 valence electrons. The van der Waals surface area contributed by atoms with Gasteiger partial charge in [-0.05, 0) is 50.2 Å². The van der Waals surface area contributed by atoms with Crippen LogP contribution in [0.1, 0.15) is 27.3 Å². The van der Waals surface area contributed by atoms with Crippen molar-refractivity contribution in [2.45, 2.75) is 13.8 Å². The maximum absolute atomic E-state index is 12.2. The molecule has 6 nitrogen and oxygen atoms in total. The molecular weight excluding hydrogens is 413 g/mol. The molecule has 1 amide bonds. The standard InChI is InChI=1S/C21H19Cl2N3O3/c1-12-8-14(13(2)26(12)19-7-4-15(22)9-18(19)23)11-24-25-21(28)17-6-5-16(29-3)10-20(17)27/h4-11,27H,1-3H3,(H,25,28)/b24-11-. The average Bonchev–Trinajstić information content (AvgIpc) is 2.95. The van der Waals surface area contributed by atoms with Crippen LogP contribution in [0.3, 0.4) is 0 Å². The van der Waals surface area contributed by atoms with E-state index in [0.717, 1.165) is 22.6 Å². The second-order valence-corrected chi connectivity index (χ2v) is 7.18. The molecule has 0 aliphatic rings. The fraction of sp³-hybridized carbons (Fsp3) is 0.143. The van der Waals surface area contributed by atoms with Gasteiger partial charge >= 0.3 is 0 Å². The number of carbonyl (C=O) groups excluding carboxylic acids is 1.